The smallest absolute Gasteiger partial charge is 0.252 e. The molecule has 5 rings (SSSR count). The van der Waals surface area contributed by atoms with Crippen molar-refractivity contribution in [2.45, 2.75) is 63.0 Å². The van der Waals surface area contributed by atoms with Crippen molar-refractivity contribution in [3.8, 4) is 5.75 Å². The van der Waals surface area contributed by atoms with Gasteiger partial charge in [0.1, 0.15) is 5.75 Å². The van der Waals surface area contributed by atoms with Crippen molar-refractivity contribution in [2.24, 2.45) is 5.92 Å². The highest BCUT2D eigenvalue weighted by molar-refractivity contribution is 5.81. The first-order valence-corrected chi connectivity index (χ1v) is 12.7. The number of carbonyl (C=O) groups excluding carboxylic acids is 1. The standard InChI is InChI=1S/C27H35N3O5/c1-34-21-7-5-18(6-8-21)14-28-27(33)26-24(31)10-9-22(35-26)11-12-29-15-19-13-20(17-29)23-3-2-4-25(32)30(23)16-19/h2-8,19-20,22,24,26,31H,9-17H2,1H3,(H,28,33)/t19-,20-,22+,24+,26-/m1/s1. The van der Waals surface area contributed by atoms with Crippen molar-refractivity contribution in [3.63, 3.8) is 0 Å². The highest BCUT2D eigenvalue weighted by atomic mass is 16.5. The molecule has 0 radical (unpaired) electrons. The minimum absolute atomic E-state index is 0.0493. The van der Waals surface area contributed by atoms with Crippen LogP contribution in [0.5, 0.6) is 5.75 Å². The average molecular weight is 482 g/mol. The predicted molar refractivity (Wildman–Crippen MR) is 131 cm³/mol. The summed E-state index contributed by atoms with van der Waals surface area (Å²) in [6.07, 6.45) is 1.61. The Kier molecular flexibility index (Phi) is 7.22. The number of hydrogen-bond acceptors (Lipinski definition) is 6. The van der Waals surface area contributed by atoms with Crippen molar-refractivity contribution in [3.05, 3.63) is 64.1 Å². The Morgan fingerprint density at radius 1 is 1.14 bits per heavy atom. The van der Waals surface area contributed by atoms with Crippen LogP contribution in [0, 0.1) is 5.92 Å². The first kappa shape index (κ1) is 24.0. The maximum absolute atomic E-state index is 12.8. The van der Waals surface area contributed by atoms with Crippen LogP contribution in [0.1, 0.15) is 42.9 Å². The Morgan fingerprint density at radius 3 is 2.77 bits per heavy atom. The largest absolute Gasteiger partial charge is 0.497 e. The molecule has 188 valence electrons. The maximum atomic E-state index is 12.8. The molecule has 4 heterocycles. The molecule has 8 heteroatoms. The predicted octanol–water partition coefficient (Wildman–Crippen LogP) is 1.89. The number of methoxy groups -OCH3 is 1. The van der Waals surface area contributed by atoms with E-state index in [0.29, 0.717) is 24.8 Å². The second kappa shape index (κ2) is 10.5. The van der Waals surface area contributed by atoms with Gasteiger partial charge in [0.25, 0.3) is 11.5 Å². The Labute approximate surface area is 205 Å². The summed E-state index contributed by atoms with van der Waals surface area (Å²) in [5, 5.41) is 13.3. The molecule has 1 aromatic heterocycles. The monoisotopic (exact) mass is 481 g/mol. The summed E-state index contributed by atoms with van der Waals surface area (Å²) in [6, 6.07) is 13.1. The van der Waals surface area contributed by atoms with E-state index in [0.717, 1.165) is 62.4 Å². The topological polar surface area (TPSA) is 93.0 Å². The molecule has 2 aromatic rings. The van der Waals surface area contributed by atoms with Crippen LogP contribution in [0.25, 0.3) is 0 Å². The number of likely N-dealkylation sites (tertiary alicyclic amines) is 1. The molecule has 3 aliphatic heterocycles. The van der Waals surface area contributed by atoms with E-state index in [1.54, 1.807) is 13.2 Å². The zero-order chi connectivity index (χ0) is 24.4. The molecule has 0 spiro atoms. The summed E-state index contributed by atoms with van der Waals surface area (Å²) in [6.45, 7) is 4.00. The van der Waals surface area contributed by atoms with Crippen LogP contribution < -0.4 is 15.6 Å². The Bertz CT molecular complexity index is 1080. The van der Waals surface area contributed by atoms with E-state index >= 15 is 0 Å². The van der Waals surface area contributed by atoms with Crippen LogP contribution in [0.15, 0.2) is 47.3 Å². The van der Waals surface area contributed by atoms with Gasteiger partial charge in [0.15, 0.2) is 6.10 Å². The molecule has 2 fully saturated rings. The summed E-state index contributed by atoms with van der Waals surface area (Å²) >= 11 is 0. The SMILES string of the molecule is COc1ccc(CNC(=O)[C@@H]2O[C@H](CCN3C[C@H]4C[C@H](C3)c3cccc(=O)n3C4)CC[C@@H]2O)cc1. The maximum Gasteiger partial charge on any atom is 0.252 e. The fraction of sp³-hybridized carbons (Fsp3) is 0.556. The van der Waals surface area contributed by atoms with Gasteiger partial charge < -0.3 is 29.4 Å². The van der Waals surface area contributed by atoms with Gasteiger partial charge in [0, 0.05) is 50.4 Å². The van der Waals surface area contributed by atoms with E-state index in [2.05, 4.69) is 16.3 Å². The molecule has 0 aliphatic carbocycles. The van der Waals surface area contributed by atoms with Crippen LogP contribution in [-0.4, -0.2) is 65.5 Å². The molecule has 1 aromatic carbocycles. The van der Waals surface area contributed by atoms with E-state index in [1.807, 2.05) is 34.9 Å². The minimum Gasteiger partial charge on any atom is -0.497 e. The van der Waals surface area contributed by atoms with Gasteiger partial charge in [-0.05, 0) is 55.4 Å². The first-order chi connectivity index (χ1) is 17.0. The lowest BCUT2D eigenvalue weighted by atomic mass is 9.83. The fourth-order valence-corrected chi connectivity index (χ4v) is 5.86. The van der Waals surface area contributed by atoms with Gasteiger partial charge in [-0.2, -0.15) is 0 Å². The van der Waals surface area contributed by atoms with Crippen LogP contribution in [0.3, 0.4) is 0 Å². The number of aliphatic hydroxyl groups is 1. The van der Waals surface area contributed by atoms with Gasteiger partial charge >= 0.3 is 0 Å². The molecule has 35 heavy (non-hydrogen) atoms. The van der Waals surface area contributed by atoms with Crippen LogP contribution in [0.4, 0.5) is 0 Å². The van der Waals surface area contributed by atoms with E-state index in [9.17, 15) is 14.7 Å². The lowest BCUT2D eigenvalue weighted by Crippen LogP contribution is -2.50. The van der Waals surface area contributed by atoms with Gasteiger partial charge in [-0.3, -0.25) is 9.59 Å². The van der Waals surface area contributed by atoms with Crippen molar-refractivity contribution >= 4 is 5.91 Å². The molecule has 8 nitrogen and oxygen atoms in total. The summed E-state index contributed by atoms with van der Waals surface area (Å²) in [5.74, 6) is 1.38. The number of hydrogen-bond donors (Lipinski definition) is 2. The Morgan fingerprint density at radius 2 is 1.97 bits per heavy atom. The van der Waals surface area contributed by atoms with Crippen molar-refractivity contribution in [1.82, 2.24) is 14.8 Å². The van der Waals surface area contributed by atoms with E-state index in [-0.39, 0.29) is 17.6 Å². The normalized spacial score (nSPS) is 28.2. The number of ether oxygens (including phenoxy) is 2. The zero-order valence-electron chi connectivity index (χ0n) is 20.3. The fourth-order valence-electron chi connectivity index (χ4n) is 5.86. The molecule has 2 N–H and O–H groups in total. The van der Waals surface area contributed by atoms with Gasteiger partial charge in [-0.1, -0.05) is 18.2 Å². The molecule has 0 unspecified atom stereocenters. The van der Waals surface area contributed by atoms with E-state index in [1.165, 1.54) is 0 Å². The number of benzene rings is 1. The van der Waals surface area contributed by atoms with Gasteiger partial charge in [0.2, 0.25) is 0 Å². The van der Waals surface area contributed by atoms with E-state index < -0.39 is 12.2 Å². The second-order valence-corrected chi connectivity index (χ2v) is 10.1. The number of pyridine rings is 1. The highest BCUT2D eigenvalue weighted by Crippen LogP contribution is 2.35. The number of aromatic nitrogens is 1. The number of fused-ring (bicyclic) bond motifs is 4. The van der Waals surface area contributed by atoms with Crippen molar-refractivity contribution in [2.75, 3.05) is 26.7 Å². The van der Waals surface area contributed by atoms with Crippen LogP contribution >= 0.6 is 0 Å². The number of carbonyl (C=O) groups is 1. The molecular formula is C27H35N3O5. The third-order valence-corrected chi connectivity index (χ3v) is 7.68. The summed E-state index contributed by atoms with van der Waals surface area (Å²) < 4.78 is 13.2. The molecule has 3 aliphatic rings. The van der Waals surface area contributed by atoms with E-state index in [4.69, 9.17) is 9.47 Å². The third kappa shape index (κ3) is 5.44. The summed E-state index contributed by atoms with van der Waals surface area (Å²) in [5.41, 5.74) is 2.22. The second-order valence-electron chi connectivity index (χ2n) is 10.1. The van der Waals surface area contributed by atoms with Crippen molar-refractivity contribution in [1.29, 1.82) is 0 Å². The average Bonchev–Trinajstić information content (AvgIpc) is 2.87. The number of rotatable bonds is 7. The minimum atomic E-state index is -0.841. The Hall–Kier alpha value is -2.68. The van der Waals surface area contributed by atoms with Crippen LogP contribution in [0.2, 0.25) is 0 Å². The molecule has 1 amide bonds. The first-order valence-electron chi connectivity index (χ1n) is 12.7. The zero-order valence-corrected chi connectivity index (χ0v) is 20.3. The molecule has 2 saturated heterocycles. The lowest BCUT2D eigenvalue weighted by Gasteiger charge is -2.43. The quantitative estimate of drug-likeness (QED) is 0.628. The number of piperidine rings is 1. The molecule has 0 saturated carbocycles. The molecular weight excluding hydrogens is 446 g/mol. The number of aliphatic hydroxyl groups excluding tert-OH is 1. The van der Waals surface area contributed by atoms with Gasteiger partial charge in [-0.15, -0.1) is 0 Å². The Balaban J connectivity index is 1.12. The van der Waals surface area contributed by atoms with Crippen LogP contribution in [-0.2, 0) is 22.6 Å². The lowest BCUT2D eigenvalue weighted by molar-refractivity contribution is -0.159. The van der Waals surface area contributed by atoms with Gasteiger partial charge in [-0.25, -0.2) is 0 Å². The molecule has 2 bridgehead atoms. The number of amides is 1. The summed E-state index contributed by atoms with van der Waals surface area (Å²) in [4.78, 5) is 27.5. The van der Waals surface area contributed by atoms with Crippen molar-refractivity contribution < 1.29 is 19.4 Å². The number of nitrogens with one attached hydrogen (secondary N) is 1. The third-order valence-electron chi connectivity index (χ3n) is 7.68. The summed E-state index contributed by atoms with van der Waals surface area (Å²) in [7, 11) is 1.62. The molecule has 5 atom stereocenters. The number of nitrogens with zero attached hydrogens (tertiary/aromatic N) is 2. The van der Waals surface area contributed by atoms with Gasteiger partial charge in [0.05, 0.1) is 19.3 Å². The highest BCUT2D eigenvalue weighted by Gasteiger charge is 2.37.